The van der Waals surface area contributed by atoms with Crippen molar-refractivity contribution in [2.45, 2.75) is 38.1 Å². The van der Waals surface area contributed by atoms with Crippen molar-refractivity contribution in [2.75, 3.05) is 13.2 Å². The lowest BCUT2D eigenvalue weighted by atomic mass is 9.85. The molecule has 0 aromatic heterocycles. The minimum Gasteiger partial charge on any atom is -0.493 e. The summed E-state index contributed by atoms with van der Waals surface area (Å²) in [7, 11) is 0. The molecule has 1 heterocycles. The second kappa shape index (κ2) is 6.97. The fourth-order valence-corrected chi connectivity index (χ4v) is 3.33. The van der Waals surface area contributed by atoms with E-state index in [4.69, 9.17) is 4.74 Å². The molecule has 1 aliphatic heterocycles. The van der Waals surface area contributed by atoms with Gasteiger partial charge in [-0.05, 0) is 42.2 Å². The van der Waals surface area contributed by atoms with Gasteiger partial charge in [-0.25, -0.2) is 0 Å². The monoisotopic (exact) mass is 301 g/mol. The van der Waals surface area contributed by atoms with Gasteiger partial charge in [-0.3, -0.25) is 4.79 Å². The Labute approximate surface area is 131 Å². The van der Waals surface area contributed by atoms with Gasteiger partial charge < -0.3 is 15.2 Å². The highest BCUT2D eigenvalue weighted by atomic mass is 16.5. The standard InChI is InChI=1S/C18H23NO3/c20-12-15-3-1-2-4-16(15)19-18(21)8-6-13-5-7-17-14(11-13)9-10-22-17/h5-8,11,15-16,20H,1-4,9-10,12H2,(H,19,21)/b8-6+. The fraction of sp³-hybridized carbons (Fsp3) is 0.500. The van der Waals surface area contributed by atoms with Crippen molar-refractivity contribution < 1.29 is 14.6 Å². The van der Waals surface area contributed by atoms with Crippen LogP contribution in [0.3, 0.4) is 0 Å². The number of aliphatic hydroxyl groups excluding tert-OH is 1. The van der Waals surface area contributed by atoms with Crippen LogP contribution < -0.4 is 10.1 Å². The Kier molecular flexibility index (Phi) is 4.78. The Morgan fingerprint density at radius 3 is 3.09 bits per heavy atom. The number of fused-ring (bicyclic) bond motifs is 1. The van der Waals surface area contributed by atoms with Crippen molar-refractivity contribution in [1.82, 2.24) is 5.32 Å². The molecule has 4 heteroatoms. The van der Waals surface area contributed by atoms with E-state index >= 15 is 0 Å². The van der Waals surface area contributed by atoms with Gasteiger partial charge in [0.05, 0.1) is 6.61 Å². The molecule has 1 fully saturated rings. The quantitative estimate of drug-likeness (QED) is 0.839. The number of aliphatic hydroxyl groups is 1. The van der Waals surface area contributed by atoms with Gasteiger partial charge in [0.2, 0.25) is 5.91 Å². The lowest BCUT2D eigenvalue weighted by Crippen LogP contribution is -2.42. The topological polar surface area (TPSA) is 58.6 Å². The molecule has 1 aromatic rings. The van der Waals surface area contributed by atoms with Crippen LogP contribution in [0.25, 0.3) is 6.08 Å². The van der Waals surface area contributed by atoms with E-state index in [1.54, 1.807) is 6.08 Å². The molecule has 2 N–H and O–H groups in total. The first-order chi connectivity index (χ1) is 10.8. The van der Waals surface area contributed by atoms with Gasteiger partial charge in [-0.2, -0.15) is 0 Å². The van der Waals surface area contributed by atoms with E-state index < -0.39 is 0 Å². The van der Waals surface area contributed by atoms with Crippen LogP contribution in [0.2, 0.25) is 0 Å². The second-order valence-corrected chi connectivity index (χ2v) is 6.14. The van der Waals surface area contributed by atoms with E-state index in [-0.39, 0.29) is 24.5 Å². The number of carbonyl (C=O) groups is 1. The molecule has 1 amide bonds. The molecule has 1 saturated carbocycles. The Bertz CT molecular complexity index is 567. The largest absolute Gasteiger partial charge is 0.493 e. The number of carbonyl (C=O) groups excluding carboxylic acids is 1. The summed E-state index contributed by atoms with van der Waals surface area (Å²) in [5.74, 6) is 1.07. The van der Waals surface area contributed by atoms with E-state index in [1.165, 1.54) is 5.56 Å². The molecule has 0 radical (unpaired) electrons. The zero-order valence-corrected chi connectivity index (χ0v) is 12.8. The number of amides is 1. The van der Waals surface area contributed by atoms with E-state index in [2.05, 4.69) is 11.4 Å². The van der Waals surface area contributed by atoms with Crippen LogP contribution in [0.5, 0.6) is 5.75 Å². The van der Waals surface area contributed by atoms with Crippen LogP contribution in [0.1, 0.15) is 36.8 Å². The Hall–Kier alpha value is -1.81. The molecule has 2 atom stereocenters. The molecule has 3 rings (SSSR count). The predicted octanol–water partition coefficient (Wildman–Crippen LogP) is 2.30. The minimum absolute atomic E-state index is 0.0814. The van der Waals surface area contributed by atoms with E-state index in [1.807, 2.05) is 18.2 Å². The molecule has 0 saturated heterocycles. The molecule has 1 aliphatic carbocycles. The summed E-state index contributed by atoms with van der Waals surface area (Å²) in [6.45, 7) is 0.896. The number of nitrogens with one attached hydrogen (secondary N) is 1. The van der Waals surface area contributed by atoms with Crippen LogP contribution in [-0.2, 0) is 11.2 Å². The van der Waals surface area contributed by atoms with Crippen molar-refractivity contribution in [3.05, 3.63) is 35.4 Å². The van der Waals surface area contributed by atoms with Crippen LogP contribution >= 0.6 is 0 Å². The Balaban J connectivity index is 1.59. The number of hydrogen-bond donors (Lipinski definition) is 2. The first kappa shape index (κ1) is 15.1. The van der Waals surface area contributed by atoms with E-state index in [0.29, 0.717) is 0 Å². The SMILES string of the molecule is O=C(/C=C/c1ccc2c(c1)CCO2)NC1CCCCC1CO. The van der Waals surface area contributed by atoms with Gasteiger partial charge in [0.25, 0.3) is 0 Å². The zero-order valence-electron chi connectivity index (χ0n) is 12.8. The molecule has 1 aromatic carbocycles. The Morgan fingerprint density at radius 1 is 1.36 bits per heavy atom. The lowest BCUT2D eigenvalue weighted by molar-refractivity contribution is -0.117. The number of rotatable bonds is 4. The second-order valence-electron chi connectivity index (χ2n) is 6.14. The van der Waals surface area contributed by atoms with Crippen LogP contribution in [-0.4, -0.2) is 30.3 Å². The van der Waals surface area contributed by atoms with Crippen molar-refractivity contribution in [3.63, 3.8) is 0 Å². The van der Waals surface area contributed by atoms with Crippen LogP contribution in [0.15, 0.2) is 24.3 Å². The molecule has 0 bridgehead atoms. The summed E-state index contributed by atoms with van der Waals surface area (Å²) < 4.78 is 5.48. The number of benzene rings is 1. The first-order valence-corrected chi connectivity index (χ1v) is 8.11. The van der Waals surface area contributed by atoms with Gasteiger partial charge in [0.15, 0.2) is 0 Å². The van der Waals surface area contributed by atoms with Gasteiger partial charge in [-0.1, -0.05) is 18.9 Å². The summed E-state index contributed by atoms with van der Waals surface area (Å²) in [5, 5.41) is 12.4. The Morgan fingerprint density at radius 2 is 2.23 bits per heavy atom. The molecule has 2 unspecified atom stereocenters. The molecule has 22 heavy (non-hydrogen) atoms. The van der Waals surface area contributed by atoms with Gasteiger partial charge >= 0.3 is 0 Å². The maximum absolute atomic E-state index is 12.1. The highest BCUT2D eigenvalue weighted by Gasteiger charge is 2.25. The average Bonchev–Trinajstić information content (AvgIpc) is 3.01. The van der Waals surface area contributed by atoms with Crippen molar-refractivity contribution in [2.24, 2.45) is 5.92 Å². The van der Waals surface area contributed by atoms with E-state index in [0.717, 1.165) is 50.0 Å². The maximum Gasteiger partial charge on any atom is 0.244 e. The van der Waals surface area contributed by atoms with Gasteiger partial charge in [0, 0.05) is 31.1 Å². The van der Waals surface area contributed by atoms with Crippen molar-refractivity contribution in [1.29, 1.82) is 0 Å². The minimum atomic E-state index is -0.0814. The highest BCUT2D eigenvalue weighted by molar-refractivity contribution is 5.92. The molecule has 4 nitrogen and oxygen atoms in total. The van der Waals surface area contributed by atoms with Gasteiger partial charge in [0.1, 0.15) is 5.75 Å². The average molecular weight is 301 g/mol. The third kappa shape index (κ3) is 3.50. The maximum atomic E-state index is 12.1. The molecule has 118 valence electrons. The van der Waals surface area contributed by atoms with Crippen LogP contribution in [0.4, 0.5) is 0 Å². The number of hydrogen-bond acceptors (Lipinski definition) is 3. The lowest BCUT2D eigenvalue weighted by Gasteiger charge is -2.30. The van der Waals surface area contributed by atoms with Crippen molar-refractivity contribution >= 4 is 12.0 Å². The highest BCUT2D eigenvalue weighted by Crippen LogP contribution is 2.26. The number of ether oxygens (including phenoxy) is 1. The fourth-order valence-electron chi connectivity index (χ4n) is 3.33. The zero-order chi connectivity index (χ0) is 15.4. The molecule has 0 spiro atoms. The smallest absolute Gasteiger partial charge is 0.244 e. The normalized spacial score (nSPS) is 24.0. The third-order valence-electron chi connectivity index (χ3n) is 4.61. The van der Waals surface area contributed by atoms with Gasteiger partial charge in [-0.15, -0.1) is 0 Å². The first-order valence-electron chi connectivity index (χ1n) is 8.11. The van der Waals surface area contributed by atoms with E-state index in [9.17, 15) is 9.90 Å². The summed E-state index contributed by atoms with van der Waals surface area (Å²) in [6.07, 6.45) is 8.58. The molecule has 2 aliphatic rings. The predicted molar refractivity (Wildman–Crippen MR) is 85.6 cm³/mol. The molecular formula is C18H23NO3. The summed E-state index contributed by atoms with van der Waals surface area (Å²) in [4.78, 5) is 12.1. The van der Waals surface area contributed by atoms with Crippen LogP contribution in [0, 0.1) is 5.92 Å². The molecular weight excluding hydrogens is 278 g/mol. The van der Waals surface area contributed by atoms with Crippen molar-refractivity contribution in [3.8, 4) is 5.75 Å². The summed E-state index contributed by atoms with van der Waals surface area (Å²) >= 11 is 0. The summed E-state index contributed by atoms with van der Waals surface area (Å²) in [5.41, 5.74) is 2.22. The summed E-state index contributed by atoms with van der Waals surface area (Å²) in [6, 6.07) is 6.10. The third-order valence-corrected chi connectivity index (χ3v) is 4.61.